The molecule has 0 aliphatic heterocycles. The smallest absolute Gasteiger partial charge is 0.436 e. The lowest BCUT2D eigenvalue weighted by Crippen LogP contribution is -2.34. The van der Waals surface area contributed by atoms with Crippen LogP contribution < -0.4 is 15.6 Å². The number of halogens is 5. The minimum absolute atomic E-state index is 0.00631. The molecule has 0 radical (unpaired) electrons. The maximum absolute atomic E-state index is 14.4. The van der Waals surface area contributed by atoms with Crippen LogP contribution in [0, 0.1) is 5.82 Å². The fourth-order valence-electron chi connectivity index (χ4n) is 4.73. The number of carboxylic acid groups (broad SMARTS) is 1. The molecule has 1 unspecified atom stereocenters. The minimum Gasteiger partial charge on any atom is -0.495 e. The highest BCUT2D eigenvalue weighted by atomic mass is 35.5. The molecule has 0 aliphatic rings. The first-order chi connectivity index (χ1) is 21.8. The summed E-state index contributed by atoms with van der Waals surface area (Å²) in [6, 6.07) is 16.0. The van der Waals surface area contributed by atoms with E-state index < -0.39 is 46.7 Å². The number of aromatic nitrogens is 4. The van der Waals surface area contributed by atoms with Gasteiger partial charge in [-0.25, -0.2) is 13.9 Å². The van der Waals surface area contributed by atoms with E-state index in [0.717, 1.165) is 27.4 Å². The van der Waals surface area contributed by atoms with E-state index in [1.165, 1.54) is 37.6 Å². The molecule has 3 aromatic carbocycles. The second-order valence-corrected chi connectivity index (χ2v) is 10.3. The molecule has 0 bridgehead atoms. The number of ether oxygens (including phenoxy) is 1. The summed E-state index contributed by atoms with van der Waals surface area (Å²) in [5.41, 5.74) is -1.46. The Morgan fingerprint density at radius 2 is 1.76 bits per heavy atom. The Morgan fingerprint density at radius 1 is 1.02 bits per heavy atom. The lowest BCUT2D eigenvalue weighted by Gasteiger charge is -2.22. The quantitative estimate of drug-likeness (QED) is 0.185. The number of carbonyl (C=O) groups excluding carboxylic acids is 1. The largest absolute Gasteiger partial charge is 0.495 e. The third kappa shape index (κ3) is 6.76. The normalized spacial score (nSPS) is 12.0. The Balaban J connectivity index is 1.59. The number of anilines is 1. The second-order valence-electron chi connectivity index (χ2n) is 9.90. The molecule has 1 atom stereocenters. The van der Waals surface area contributed by atoms with E-state index in [2.05, 4.69) is 15.6 Å². The minimum atomic E-state index is -4.75. The van der Waals surface area contributed by atoms with Crippen LogP contribution in [-0.4, -0.2) is 43.7 Å². The Hall–Kier alpha value is -5.50. The Morgan fingerprint density at radius 3 is 2.39 bits per heavy atom. The summed E-state index contributed by atoms with van der Waals surface area (Å²) in [5.74, 6) is -3.22. The zero-order valence-corrected chi connectivity index (χ0v) is 24.4. The van der Waals surface area contributed by atoms with Gasteiger partial charge in [0.15, 0.2) is 5.69 Å². The molecule has 1 amide bonds. The standard InChI is InChI=1S/C31H22ClF4N5O5/c1-46-26-15-40(25(11-17-5-3-2-4-6-17)29(43)37-19-8-9-20(30(44)45)23(33)13-19)28(42)14-22(26)21-12-18(32)7-10-24(21)41-16-27(38-39-41)31(34,35)36/h2-10,12-16,25H,11H2,1H3,(H,37,43)(H,44,45). The van der Waals surface area contributed by atoms with E-state index >= 15 is 0 Å². The first kappa shape index (κ1) is 31.9. The van der Waals surface area contributed by atoms with E-state index in [4.69, 9.17) is 21.4 Å². The summed E-state index contributed by atoms with van der Waals surface area (Å²) < 4.78 is 61.7. The number of carbonyl (C=O) groups is 2. The van der Waals surface area contributed by atoms with Crippen LogP contribution in [0.4, 0.5) is 23.2 Å². The maximum atomic E-state index is 14.4. The molecule has 0 fully saturated rings. The summed E-state index contributed by atoms with van der Waals surface area (Å²) in [6.45, 7) is 0. The molecule has 236 valence electrons. The number of nitrogens with one attached hydrogen (secondary N) is 1. The molecule has 0 saturated carbocycles. The molecule has 10 nitrogen and oxygen atoms in total. The van der Waals surface area contributed by atoms with Crippen LogP contribution in [0.3, 0.4) is 0 Å². The van der Waals surface area contributed by atoms with Gasteiger partial charge >= 0.3 is 12.1 Å². The highest BCUT2D eigenvalue weighted by molar-refractivity contribution is 6.31. The SMILES string of the molecule is COc1cn(C(Cc2ccccc2)C(=O)Nc2ccc(C(=O)O)c(F)c2)c(=O)cc1-c1cc(Cl)ccc1-n1cc(C(F)(F)F)nn1. The van der Waals surface area contributed by atoms with Crippen LogP contribution in [0.15, 0.2) is 90.0 Å². The van der Waals surface area contributed by atoms with Crippen molar-refractivity contribution in [1.29, 1.82) is 0 Å². The van der Waals surface area contributed by atoms with Crippen molar-refractivity contribution in [3.8, 4) is 22.6 Å². The average molecular weight is 656 g/mol. The Labute approximate surface area is 262 Å². The zero-order chi connectivity index (χ0) is 33.2. The van der Waals surface area contributed by atoms with Crippen LogP contribution in [0.2, 0.25) is 5.02 Å². The molecule has 2 heterocycles. The van der Waals surface area contributed by atoms with Gasteiger partial charge in [-0.3, -0.25) is 14.2 Å². The van der Waals surface area contributed by atoms with E-state index in [1.54, 1.807) is 30.3 Å². The predicted molar refractivity (Wildman–Crippen MR) is 159 cm³/mol. The van der Waals surface area contributed by atoms with E-state index in [-0.39, 0.29) is 39.7 Å². The van der Waals surface area contributed by atoms with Crippen molar-refractivity contribution in [1.82, 2.24) is 19.6 Å². The number of methoxy groups -OCH3 is 1. The van der Waals surface area contributed by atoms with Crippen LogP contribution in [0.5, 0.6) is 5.75 Å². The number of hydrogen-bond donors (Lipinski definition) is 2. The number of pyridine rings is 1. The van der Waals surface area contributed by atoms with Gasteiger partial charge in [0, 0.05) is 34.3 Å². The van der Waals surface area contributed by atoms with E-state index in [1.807, 2.05) is 0 Å². The monoisotopic (exact) mass is 655 g/mol. The Kier molecular flexibility index (Phi) is 8.91. The van der Waals surface area contributed by atoms with Gasteiger partial charge in [-0.1, -0.05) is 47.1 Å². The van der Waals surface area contributed by atoms with Gasteiger partial charge in [0.1, 0.15) is 17.6 Å². The molecular weight excluding hydrogens is 634 g/mol. The van der Waals surface area contributed by atoms with Crippen LogP contribution in [0.1, 0.15) is 27.7 Å². The zero-order valence-electron chi connectivity index (χ0n) is 23.6. The van der Waals surface area contributed by atoms with Crippen molar-refractivity contribution in [3.05, 3.63) is 123 Å². The molecular formula is C31H22ClF4N5O5. The maximum Gasteiger partial charge on any atom is 0.436 e. The van der Waals surface area contributed by atoms with Gasteiger partial charge in [-0.2, -0.15) is 13.2 Å². The molecule has 5 rings (SSSR count). The third-order valence-corrected chi connectivity index (χ3v) is 7.16. The lowest BCUT2D eigenvalue weighted by atomic mass is 10.0. The van der Waals surface area contributed by atoms with E-state index in [9.17, 15) is 31.9 Å². The molecule has 0 saturated heterocycles. The number of carboxylic acids is 1. The molecule has 2 N–H and O–H groups in total. The highest BCUT2D eigenvalue weighted by Gasteiger charge is 2.35. The number of amides is 1. The van der Waals surface area contributed by atoms with Crippen LogP contribution in [-0.2, 0) is 17.4 Å². The second kappa shape index (κ2) is 12.9. The fraction of sp³-hybridized carbons (Fsp3) is 0.129. The molecule has 5 aromatic rings. The predicted octanol–water partition coefficient (Wildman–Crippen LogP) is 6.04. The number of hydrogen-bond acceptors (Lipinski definition) is 6. The summed E-state index contributed by atoms with van der Waals surface area (Å²) in [7, 11) is 1.30. The van der Waals surface area contributed by atoms with Crippen molar-refractivity contribution >= 4 is 29.2 Å². The topological polar surface area (TPSA) is 128 Å². The van der Waals surface area contributed by atoms with Crippen LogP contribution >= 0.6 is 11.6 Å². The first-order valence-corrected chi connectivity index (χ1v) is 13.7. The Bertz CT molecular complexity index is 2000. The molecule has 2 aromatic heterocycles. The van der Waals surface area contributed by atoms with Crippen molar-refractivity contribution in [2.45, 2.75) is 18.6 Å². The van der Waals surface area contributed by atoms with Crippen LogP contribution in [0.25, 0.3) is 16.8 Å². The molecule has 0 aliphatic carbocycles. The number of rotatable bonds is 9. The van der Waals surface area contributed by atoms with Gasteiger partial charge in [-0.15, -0.1) is 5.10 Å². The molecule has 46 heavy (non-hydrogen) atoms. The van der Waals surface area contributed by atoms with E-state index in [0.29, 0.717) is 11.8 Å². The summed E-state index contributed by atoms with van der Waals surface area (Å²) >= 11 is 6.23. The summed E-state index contributed by atoms with van der Waals surface area (Å²) in [6.07, 6.45) is -2.79. The van der Waals surface area contributed by atoms with Gasteiger partial charge in [-0.05, 0) is 42.0 Å². The number of aromatic carboxylic acids is 1. The van der Waals surface area contributed by atoms with Gasteiger partial charge in [0.05, 0.1) is 30.8 Å². The van der Waals surface area contributed by atoms with Crippen molar-refractivity contribution in [2.24, 2.45) is 0 Å². The number of alkyl halides is 3. The third-order valence-electron chi connectivity index (χ3n) is 6.92. The van der Waals surface area contributed by atoms with Gasteiger partial charge < -0.3 is 15.2 Å². The van der Waals surface area contributed by atoms with Crippen molar-refractivity contribution in [2.75, 3.05) is 12.4 Å². The highest BCUT2D eigenvalue weighted by Crippen LogP contribution is 2.36. The lowest BCUT2D eigenvalue weighted by molar-refractivity contribution is -0.141. The first-order valence-electron chi connectivity index (χ1n) is 13.3. The summed E-state index contributed by atoms with van der Waals surface area (Å²) in [5, 5.41) is 18.6. The average Bonchev–Trinajstić information content (AvgIpc) is 3.51. The molecule has 15 heteroatoms. The molecule has 0 spiro atoms. The number of benzene rings is 3. The summed E-state index contributed by atoms with van der Waals surface area (Å²) in [4.78, 5) is 38.5. The van der Waals surface area contributed by atoms with Crippen molar-refractivity contribution in [3.63, 3.8) is 0 Å². The van der Waals surface area contributed by atoms with Gasteiger partial charge in [0.25, 0.3) is 5.56 Å². The van der Waals surface area contributed by atoms with Gasteiger partial charge in [0.2, 0.25) is 5.91 Å². The fourth-order valence-corrected chi connectivity index (χ4v) is 4.90. The van der Waals surface area contributed by atoms with Crippen molar-refractivity contribution < 1.29 is 37.0 Å². The number of nitrogens with zero attached hydrogens (tertiary/aromatic N) is 4.